The van der Waals surface area contributed by atoms with Crippen LogP contribution < -0.4 is 10.0 Å². The van der Waals surface area contributed by atoms with Gasteiger partial charge >= 0.3 is 0 Å². The summed E-state index contributed by atoms with van der Waals surface area (Å²) in [5.41, 5.74) is 1.78. The first-order valence-electron chi connectivity index (χ1n) is 8.59. The van der Waals surface area contributed by atoms with Crippen LogP contribution in [0.3, 0.4) is 0 Å². The topological polar surface area (TPSA) is 75.3 Å². The van der Waals surface area contributed by atoms with E-state index in [-0.39, 0.29) is 16.8 Å². The van der Waals surface area contributed by atoms with Gasteiger partial charge in [-0.2, -0.15) is 0 Å². The number of rotatable bonds is 6. The standard InChI is InChI=1S/C21H19ClN2O3S/c1-15(16-5-3-2-4-6-16)23-21(25)17-7-13-20(14-8-17)28(26,27)24-19-11-9-18(22)10-12-19/h2-15,24H,1H3,(H,23,25)/t15-/m1/s1. The Morgan fingerprint density at radius 1 is 0.893 bits per heavy atom. The van der Waals surface area contributed by atoms with Gasteiger partial charge in [0.25, 0.3) is 15.9 Å². The monoisotopic (exact) mass is 414 g/mol. The van der Waals surface area contributed by atoms with E-state index < -0.39 is 10.0 Å². The Morgan fingerprint density at radius 3 is 2.11 bits per heavy atom. The van der Waals surface area contributed by atoms with E-state index in [2.05, 4.69) is 10.0 Å². The minimum atomic E-state index is -3.76. The fraction of sp³-hybridized carbons (Fsp3) is 0.0952. The summed E-state index contributed by atoms with van der Waals surface area (Å²) >= 11 is 5.81. The summed E-state index contributed by atoms with van der Waals surface area (Å²) in [4.78, 5) is 12.5. The number of hydrogen-bond acceptors (Lipinski definition) is 3. The van der Waals surface area contributed by atoms with Crippen LogP contribution in [0.2, 0.25) is 5.02 Å². The summed E-state index contributed by atoms with van der Waals surface area (Å²) in [6.45, 7) is 1.89. The second kappa shape index (κ2) is 8.46. The molecule has 0 radical (unpaired) electrons. The van der Waals surface area contributed by atoms with Gasteiger partial charge in [0.05, 0.1) is 10.9 Å². The summed E-state index contributed by atoms with van der Waals surface area (Å²) in [5.74, 6) is -0.272. The van der Waals surface area contributed by atoms with E-state index in [4.69, 9.17) is 11.6 Å². The van der Waals surface area contributed by atoms with Crippen molar-refractivity contribution in [2.75, 3.05) is 4.72 Å². The maximum absolute atomic E-state index is 12.5. The van der Waals surface area contributed by atoms with Crippen LogP contribution in [0, 0.1) is 0 Å². The zero-order valence-corrected chi connectivity index (χ0v) is 16.7. The summed E-state index contributed by atoms with van der Waals surface area (Å²) in [5, 5.41) is 3.42. The van der Waals surface area contributed by atoms with Crippen LogP contribution in [0.15, 0.2) is 83.8 Å². The Morgan fingerprint density at radius 2 is 1.50 bits per heavy atom. The van der Waals surface area contributed by atoms with Crippen LogP contribution in [0.25, 0.3) is 0 Å². The Hall–Kier alpha value is -2.83. The van der Waals surface area contributed by atoms with Gasteiger partial charge in [-0.25, -0.2) is 8.42 Å². The summed E-state index contributed by atoms with van der Waals surface area (Å²) < 4.78 is 27.4. The molecule has 3 aromatic carbocycles. The molecule has 3 aromatic rings. The molecule has 0 aliphatic heterocycles. The Labute approximate surface area is 169 Å². The second-order valence-corrected chi connectivity index (χ2v) is 8.36. The molecule has 0 fully saturated rings. The van der Waals surface area contributed by atoms with Crippen molar-refractivity contribution in [3.05, 3.63) is 95.0 Å². The minimum absolute atomic E-state index is 0.0649. The van der Waals surface area contributed by atoms with Crippen molar-refractivity contribution in [3.8, 4) is 0 Å². The molecule has 1 atom stereocenters. The molecule has 144 valence electrons. The van der Waals surface area contributed by atoms with Crippen LogP contribution in [-0.4, -0.2) is 14.3 Å². The van der Waals surface area contributed by atoms with Crippen molar-refractivity contribution in [3.63, 3.8) is 0 Å². The van der Waals surface area contributed by atoms with E-state index >= 15 is 0 Å². The number of nitrogens with one attached hydrogen (secondary N) is 2. The van der Waals surface area contributed by atoms with Crippen molar-refractivity contribution >= 4 is 33.2 Å². The molecule has 28 heavy (non-hydrogen) atoms. The van der Waals surface area contributed by atoms with Crippen molar-refractivity contribution in [2.24, 2.45) is 0 Å². The molecule has 0 heterocycles. The molecule has 0 aromatic heterocycles. The van der Waals surface area contributed by atoms with E-state index in [9.17, 15) is 13.2 Å². The van der Waals surface area contributed by atoms with Crippen LogP contribution in [0.4, 0.5) is 5.69 Å². The summed E-state index contributed by atoms with van der Waals surface area (Å²) in [6, 6.07) is 21.6. The highest BCUT2D eigenvalue weighted by molar-refractivity contribution is 7.92. The molecule has 0 spiro atoms. The van der Waals surface area contributed by atoms with Gasteiger partial charge in [0.15, 0.2) is 0 Å². The first kappa shape index (κ1) is 19.9. The third-order valence-corrected chi connectivity index (χ3v) is 5.82. The van der Waals surface area contributed by atoms with Crippen LogP contribution in [0.5, 0.6) is 0 Å². The first-order chi connectivity index (χ1) is 13.3. The average Bonchev–Trinajstić information content (AvgIpc) is 2.70. The van der Waals surface area contributed by atoms with Crippen LogP contribution >= 0.6 is 11.6 Å². The van der Waals surface area contributed by atoms with Gasteiger partial charge in [-0.1, -0.05) is 41.9 Å². The molecule has 0 aliphatic carbocycles. The highest BCUT2D eigenvalue weighted by Crippen LogP contribution is 2.19. The first-order valence-corrected chi connectivity index (χ1v) is 10.5. The van der Waals surface area contributed by atoms with Crippen molar-refractivity contribution in [1.29, 1.82) is 0 Å². The van der Waals surface area contributed by atoms with Gasteiger partial charge in [-0.3, -0.25) is 9.52 Å². The number of halogens is 1. The highest BCUT2D eigenvalue weighted by atomic mass is 35.5. The lowest BCUT2D eigenvalue weighted by atomic mass is 10.1. The number of amides is 1. The molecule has 0 aliphatic rings. The van der Waals surface area contributed by atoms with E-state index in [1.165, 1.54) is 24.3 Å². The summed E-state index contributed by atoms with van der Waals surface area (Å²) in [6.07, 6.45) is 0. The number of anilines is 1. The van der Waals surface area contributed by atoms with E-state index in [1.807, 2.05) is 37.3 Å². The van der Waals surface area contributed by atoms with E-state index in [0.717, 1.165) is 5.56 Å². The lowest BCUT2D eigenvalue weighted by Crippen LogP contribution is -2.26. The van der Waals surface area contributed by atoms with Gasteiger partial charge < -0.3 is 5.32 Å². The maximum atomic E-state index is 12.5. The highest BCUT2D eigenvalue weighted by Gasteiger charge is 2.16. The van der Waals surface area contributed by atoms with Crippen molar-refractivity contribution in [2.45, 2.75) is 17.9 Å². The molecule has 2 N–H and O–H groups in total. The normalized spacial score (nSPS) is 12.2. The lowest BCUT2D eigenvalue weighted by molar-refractivity contribution is 0.0940. The Bertz CT molecular complexity index is 1050. The lowest BCUT2D eigenvalue weighted by Gasteiger charge is -2.14. The zero-order valence-electron chi connectivity index (χ0n) is 15.1. The largest absolute Gasteiger partial charge is 0.346 e. The quantitative estimate of drug-likeness (QED) is 0.617. The van der Waals surface area contributed by atoms with Gasteiger partial charge in [0, 0.05) is 16.3 Å². The fourth-order valence-corrected chi connectivity index (χ4v) is 3.81. The SMILES string of the molecule is C[C@@H](NC(=O)c1ccc(S(=O)(=O)Nc2ccc(Cl)cc2)cc1)c1ccccc1. The Kier molecular flexibility index (Phi) is 6.02. The van der Waals surface area contributed by atoms with Crippen molar-refractivity contribution < 1.29 is 13.2 Å². The number of benzene rings is 3. The third kappa shape index (κ3) is 4.91. The maximum Gasteiger partial charge on any atom is 0.261 e. The molecule has 0 saturated heterocycles. The molecule has 0 saturated carbocycles. The molecule has 3 rings (SSSR count). The average molecular weight is 415 g/mol. The fourth-order valence-electron chi connectivity index (χ4n) is 2.62. The molecule has 0 unspecified atom stereocenters. The van der Waals surface area contributed by atoms with Crippen LogP contribution in [-0.2, 0) is 10.0 Å². The van der Waals surface area contributed by atoms with Gasteiger partial charge in [-0.15, -0.1) is 0 Å². The number of sulfonamides is 1. The Balaban J connectivity index is 1.70. The predicted molar refractivity (Wildman–Crippen MR) is 111 cm³/mol. The molecule has 5 nitrogen and oxygen atoms in total. The predicted octanol–water partition coefficient (Wildman–Crippen LogP) is 4.63. The molecule has 7 heteroatoms. The second-order valence-electron chi connectivity index (χ2n) is 6.24. The van der Waals surface area contributed by atoms with E-state index in [0.29, 0.717) is 16.3 Å². The van der Waals surface area contributed by atoms with Gasteiger partial charge in [0.1, 0.15) is 0 Å². The zero-order chi connectivity index (χ0) is 20.1. The molecular formula is C21H19ClN2O3S. The van der Waals surface area contributed by atoms with E-state index in [1.54, 1.807) is 24.3 Å². The number of hydrogen-bond donors (Lipinski definition) is 2. The van der Waals surface area contributed by atoms with Crippen molar-refractivity contribution in [1.82, 2.24) is 5.32 Å². The summed E-state index contributed by atoms with van der Waals surface area (Å²) in [7, 11) is -3.76. The minimum Gasteiger partial charge on any atom is -0.346 e. The molecular weight excluding hydrogens is 396 g/mol. The van der Waals surface area contributed by atoms with Gasteiger partial charge in [-0.05, 0) is 61.0 Å². The number of carbonyl (C=O) groups is 1. The van der Waals surface area contributed by atoms with Crippen LogP contribution in [0.1, 0.15) is 28.9 Å². The van der Waals surface area contributed by atoms with Gasteiger partial charge in [0.2, 0.25) is 0 Å². The molecule has 1 amide bonds. The molecule has 0 bridgehead atoms. The third-order valence-electron chi connectivity index (χ3n) is 4.17. The number of carbonyl (C=O) groups excluding carboxylic acids is 1. The smallest absolute Gasteiger partial charge is 0.261 e.